The normalized spacial score (nSPS) is 11.7. The number of amides is 1. The van der Waals surface area contributed by atoms with Gasteiger partial charge in [-0.1, -0.05) is 12.1 Å². The second kappa shape index (κ2) is 8.66. The van der Waals surface area contributed by atoms with Gasteiger partial charge in [-0.05, 0) is 36.4 Å². The molecule has 1 heterocycles. The minimum Gasteiger partial charge on any atom is -0.510 e. The number of hydrogen-bond acceptors (Lipinski definition) is 6. The van der Waals surface area contributed by atoms with Gasteiger partial charge in [-0.25, -0.2) is 9.37 Å². The first-order valence-corrected chi connectivity index (χ1v) is 9.85. The molecule has 1 amide bonds. The lowest BCUT2D eigenvalue weighted by atomic mass is 10.2. The molecular weight excluding hydrogens is 385 g/mol. The number of nitrogens with zero attached hydrogens (tertiary/aromatic N) is 2. The Balaban J connectivity index is 1.60. The number of nitriles is 1. The summed E-state index contributed by atoms with van der Waals surface area (Å²) >= 11 is 2.50. The number of allylic oxidation sites excluding steroid dienone is 1. The molecule has 0 aliphatic rings. The molecule has 0 fully saturated rings. The molecule has 0 spiro atoms. The van der Waals surface area contributed by atoms with E-state index in [0.29, 0.717) is 10.7 Å². The summed E-state index contributed by atoms with van der Waals surface area (Å²) in [4.78, 5) is 16.3. The van der Waals surface area contributed by atoms with Gasteiger partial charge in [0.15, 0.2) is 0 Å². The van der Waals surface area contributed by atoms with Crippen molar-refractivity contribution in [3.05, 3.63) is 65.1 Å². The van der Waals surface area contributed by atoms with Gasteiger partial charge >= 0.3 is 0 Å². The number of rotatable bonds is 6. The first kappa shape index (κ1) is 18.9. The molecule has 0 bridgehead atoms. The minimum absolute atomic E-state index is 0.0833. The number of halogens is 1. The van der Waals surface area contributed by atoms with Crippen molar-refractivity contribution in [2.75, 3.05) is 16.8 Å². The van der Waals surface area contributed by atoms with Crippen molar-refractivity contribution < 1.29 is 14.3 Å². The predicted molar refractivity (Wildman–Crippen MR) is 107 cm³/mol. The quantitative estimate of drug-likeness (QED) is 0.467. The zero-order valence-electron chi connectivity index (χ0n) is 14.0. The summed E-state index contributed by atoms with van der Waals surface area (Å²) in [6.45, 7) is 0. The van der Waals surface area contributed by atoms with Crippen molar-refractivity contribution in [3.8, 4) is 6.07 Å². The van der Waals surface area contributed by atoms with Crippen LogP contribution < -0.4 is 5.32 Å². The number of carbonyl (C=O) groups is 1. The molecule has 0 unspecified atom stereocenters. The Bertz CT molecular complexity index is 1010. The number of para-hydroxylation sites is 1. The molecule has 0 saturated carbocycles. The van der Waals surface area contributed by atoms with Gasteiger partial charge in [-0.15, -0.1) is 23.1 Å². The fourth-order valence-electron chi connectivity index (χ4n) is 2.26. The van der Waals surface area contributed by atoms with E-state index in [4.69, 9.17) is 0 Å². The van der Waals surface area contributed by atoms with E-state index >= 15 is 0 Å². The van der Waals surface area contributed by atoms with Crippen LogP contribution in [-0.4, -0.2) is 27.5 Å². The minimum atomic E-state index is -0.378. The van der Waals surface area contributed by atoms with E-state index in [1.54, 1.807) is 0 Å². The average Bonchev–Trinajstić information content (AvgIpc) is 3.08. The molecule has 27 heavy (non-hydrogen) atoms. The smallest absolute Gasteiger partial charge is 0.234 e. The van der Waals surface area contributed by atoms with E-state index < -0.39 is 0 Å². The van der Waals surface area contributed by atoms with Gasteiger partial charge < -0.3 is 10.4 Å². The van der Waals surface area contributed by atoms with E-state index in [1.165, 1.54) is 47.4 Å². The molecule has 0 aliphatic heterocycles. The lowest BCUT2D eigenvalue weighted by Gasteiger charge is -2.05. The molecule has 0 saturated heterocycles. The number of anilines is 1. The van der Waals surface area contributed by atoms with Crippen LogP contribution in [0.5, 0.6) is 0 Å². The zero-order valence-corrected chi connectivity index (χ0v) is 15.6. The lowest BCUT2D eigenvalue weighted by molar-refractivity contribution is -0.113. The van der Waals surface area contributed by atoms with Gasteiger partial charge in [0.25, 0.3) is 0 Å². The van der Waals surface area contributed by atoms with Crippen LogP contribution in [0.2, 0.25) is 0 Å². The van der Waals surface area contributed by atoms with Crippen LogP contribution in [0, 0.1) is 17.1 Å². The number of aromatic nitrogens is 1. The number of carbonyl (C=O) groups excluding carboxylic acids is 1. The van der Waals surface area contributed by atoms with Crippen molar-refractivity contribution >= 4 is 50.5 Å². The summed E-state index contributed by atoms with van der Waals surface area (Å²) in [5.74, 6) is -0.583. The number of benzene rings is 2. The number of thioether (sulfide) groups is 1. The first-order chi connectivity index (χ1) is 13.1. The Morgan fingerprint density at radius 3 is 2.67 bits per heavy atom. The third-order valence-electron chi connectivity index (χ3n) is 3.51. The molecule has 8 heteroatoms. The highest BCUT2D eigenvalue weighted by Gasteiger charge is 2.14. The lowest BCUT2D eigenvalue weighted by Crippen LogP contribution is -2.14. The molecule has 2 N–H and O–H groups in total. The highest BCUT2D eigenvalue weighted by Crippen LogP contribution is 2.28. The number of aliphatic hydroxyl groups excluding tert-OH is 1. The summed E-state index contributed by atoms with van der Waals surface area (Å²) in [6, 6.07) is 14.9. The summed E-state index contributed by atoms with van der Waals surface area (Å²) in [5, 5.41) is 22.7. The fourth-order valence-corrected chi connectivity index (χ4v) is 3.94. The molecule has 0 atom stereocenters. The molecule has 3 rings (SSSR count). The van der Waals surface area contributed by atoms with Gasteiger partial charge in [-0.2, -0.15) is 5.26 Å². The Morgan fingerprint density at radius 1 is 1.22 bits per heavy atom. The van der Waals surface area contributed by atoms with Crippen molar-refractivity contribution in [2.24, 2.45) is 0 Å². The van der Waals surface area contributed by atoms with Crippen molar-refractivity contribution in [3.63, 3.8) is 0 Å². The Morgan fingerprint density at radius 2 is 1.96 bits per heavy atom. The van der Waals surface area contributed by atoms with Crippen LogP contribution in [0.1, 0.15) is 5.01 Å². The highest BCUT2D eigenvalue weighted by molar-refractivity contribution is 8.00. The summed E-state index contributed by atoms with van der Waals surface area (Å²) in [7, 11) is 0. The second-order valence-electron chi connectivity index (χ2n) is 5.47. The second-order valence-corrected chi connectivity index (χ2v) is 7.48. The van der Waals surface area contributed by atoms with Crippen LogP contribution >= 0.6 is 23.1 Å². The fraction of sp³-hybridized carbons (Fsp3) is 0.105. The van der Waals surface area contributed by atoms with Crippen LogP contribution in [0.15, 0.2) is 54.3 Å². The highest BCUT2D eigenvalue weighted by atomic mass is 32.2. The van der Waals surface area contributed by atoms with Crippen LogP contribution in [0.3, 0.4) is 0 Å². The number of aliphatic hydroxyl groups is 1. The molecule has 1 aromatic heterocycles. The van der Waals surface area contributed by atoms with Gasteiger partial charge in [0.2, 0.25) is 5.91 Å². The molecule has 5 nitrogen and oxygen atoms in total. The third kappa shape index (κ3) is 4.84. The Labute approximate surface area is 163 Å². The molecule has 3 aromatic rings. The summed E-state index contributed by atoms with van der Waals surface area (Å²) in [5.41, 5.74) is 1.38. The zero-order chi connectivity index (χ0) is 19.2. The molecular formula is C19H14FN3O2S2. The maximum atomic E-state index is 12.9. The molecule has 0 radical (unpaired) electrons. The topological polar surface area (TPSA) is 86.0 Å². The van der Waals surface area contributed by atoms with Crippen molar-refractivity contribution in [2.45, 2.75) is 0 Å². The molecule has 136 valence electrons. The van der Waals surface area contributed by atoms with E-state index in [9.17, 15) is 19.6 Å². The first-order valence-electron chi connectivity index (χ1n) is 7.88. The van der Waals surface area contributed by atoms with Gasteiger partial charge in [-0.3, -0.25) is 4.79 Å². The Kier molecular flexibility index (Phi) is 6.06. The average molecular weight is 399 g/mol. The van der Waals surface area contributed by atoms with E-state index in [1.807, 2.05) is 30.3 Å². The number of hydrogen-bond donors (Lipinski definition) is 2. The standard InChI is InChI=1S/C19H14FN3O2S2/c20-12-5-7-13(8-6-12)22-18(25)11-26-10-16(24)14(9-21)19-23-15-3-1-2-4-17(15)27-19/h1-8,24H,10-11H2,(H,22,25)/b16-14-. The largest absolute Gasteiger partial charge is 0.510 e. The van der Waals surface area contributed by atoms with Gasteiger partial charge in [0.05, 0.1) is 21.7 Å². The molecule has 0 aliphatic carbocycles. The Hall–Kier alpha value is -2.89. The van der Waals surface area contributed by atoms with Crippen molar-refractivity contribution in [1.29, 1.82) is 5.26 Å². The third-order valence-corrected chi connectivity index (χ3v) is 5.51. The van der Waals surface area contributed by atoms with E-state index in [2.05, 4.69) is 10.3 Å². The van der Waals surface area contributed by atoms with Gasteiger partial charge in [0, 0.05) is 5.69 Å². The van der Waals surface area contributed by atoms with Crippen LogP contribution in [0.25, 0.3) is 15.8 Å². The maximum absolute atomic E-state index is 12.9. The van der Waals surface area contributed by atoms with E-state index in [0.717, 1.165) is 10.2 Å². The van der Waals surface area contributed by atoms with E-state index in [-0.39, 0.29) is 34.6 Å². The number of nitrogens with one attached hydrogen (secondary N) is 1. The van der Waals surface area contributed by atoms with Crippen LogP contribution in [-0.2, 0) is 4.79 Å². The maximum Gasteiger partial charge on any atom is 0.234 e. The molecule has 2 aromatic carbocycles. The monoisotopic (exact) mass is 399 g/mol. The number of thiazole rings is 1. The SMILES string of the molecule is N#C/C(=C(/O)CSCC(=O)Nc1ccc(F)cc1)c1nc2ccccc2s1. The predicted octanol–water partition coefficient (Wildman–Crippen LogP) is 4.60. The summed E-state index contributed by atoms with van der Waals surface area (Å²) < 4.78 is 13.8. The van der Waals surface area contributed by atoms with Crippen molar-refractivity contribution in [1.82, 2.24) is 4.98 Å². The van der Waals surface area contributed by atoms with Crippen LogP contribution in [0.4, 0.5) is 10.1 Å². The van der Waals surface area contributed by atoms with Gasteiger partial charge in [0.1, 0.15) is 28.2 Å². The number of fused-ring (bicyclic) bond motifs is 1. The summed E-state index contributed by atoms with van der Waals surface area (Å²) in [6.07, 6.45) is 0.